The van der Waals surface area contributed by atoms with Crippen LogP contribution in [0.15, 0.2) is 24.3 Å². The van der Waals surface area contributed by atoms with E-state index in [1.807, 2.05) is 7.05 Å². The van der Waals surface area contributed by atoms with E-state index in [0.29, 0.717) is 31.6 Å². The summed E-state index contributed by atoms with van der Waals surface area (Å²) < 4.78 is 5.35. The second-order valence-electron chi connectivity index (χ2n) is 7.16. The number of carbonyl (C=O) groups excluding carboxylic acids is 2. The van der Waals surface area contributed by atoms with E-state index < -0.39 is 17.1 Å². The van der Waals surface area contributed by atoms with Crippen LogP contribution in [0.5, 0.6) is 0 Å². The second kappa shape index (κ2) is 8.78. The molecule has 2 heterocycles. The summed E-state index contributed by atoms with van der Waals surface area (Å²) in [6.07, 6.45) is -0.0663. The number of non-ortho nitro benzene ring substituents is 1. The molecule has 2 unspecified atom stereocenters. The summed E-state index contributed by atoms with van der Waals surface area (Å²) in [7, 11) is 2.02. The zero-order valence-electron chi connectivity index (χ0n) is 15.7. The molecule has 10 heteroatoms. The third-order valence-electron chi connectivity index (χ3n) is 5.12. The molecule has 2 amide bonds. The Morgan fingerprint density at radius 1 is 1.21 bits per heavy atom. The molecule has 0 aliphatic carbocycles. The van der Waals surface area contributed by atoms with Gasteiger partial charge in [-0.3, -0.25) is 19.8 Å². The van der Waals surface area contributed by atoms with Crippen LogP contribution in [-0.4, -0.2) is 82.7 Å². The van der Waals surface area contributed by atoms with Gasteiger partial charge in [-0.05, 0) is 31.2 Å². The molecule has 0 radical (unpaired) electrons. The number of benzene rings is 1. The molecule has 152 valence electrons. The van der Waals surface area contributed by atoms with Gasteiger partial charge in [0.05, 0.1) is 4.92 Å². The average Bonchev–Trinajstić information content (AvgIpc) is 3.08. The van der Waals surface area contributed by atoms with Gasteiger partial charge in [-0.2, -0.15) is 12.6 Å². The number of nitrogens with zero attached hydrogens (tertiary/aromatic N) is 4. The molecule has 2 atom stereocenters. The number of amides is 2. The molecule has 0 aromatic heterocycles. The summed E-state index contributed by atoms with van der Waals surface area (Å²) >= 11 is 4.45. The molecule has 9 nitrogen and oxygen atoms in total. The molecule has 28 heavy (non-hydrogen) atoms. The fourth-order valence-corrected chi connectivity index (χ4v) is 3.80. The van der Waals surface area contributed by atoms with Gasteiger partial charge in [-0.15, -0.1) is 0 Å². The van der Waals surface area contributed by atoms with E-state index >= 15 is 0 Å². The van der Waals surface area contributed by atoms with Gasteiger partial charge in [-0.25, -0.2) is 4.79 Å². The smallest absolute Gasteiger partial charge is 0.410 e. The molecule has 0 spiro atoms. The van der Waals surface area contributed by atoms with Crippen molar-refractivity contribution in [1.82, 2.24) is 14.7 Å². The van der Waals surface area contributed by atoms with E-state index in [0.717, 1.165) is 13.1 Å². The third kappa shape index (κ3) is 4.74. The van der Waals surface area contributed by atoms with Crippen LogP contribution in [0, 0.1) is 10.1 Å². The number of likely N-dealkylation sites (tertiary alicyclic amines) is 1. The van der Waals surface area contributed by atoms with Crippen LogP contribution in [0.2, 0.25) is 0 Å². The number of piperazine rings is 1. The summed E-state index contributed by atoms with van der Waals surface area (Å²) in [4.78, 5) is 41.1. The van der Waals surface area contributed by atoms with E-state index in [-0.39, 0.29) is 23.5 Å². The van der Waals surface area contributed by atoms with E-state index in [1.165, 1.54) is 17.0 Å². The number of hydrogen-bond donors (Lipinski definition) is 1. The normalized spacial score (nSPS) is 22.9. The predicted octanol–water partition coefficient (Wildman–Crippen LogP) is 1.38. The maximum Gasteiger partial charge on any atom is 0.410 e. The fourth-order valence-electron chi connectivity index (χ4n) is 3.43. The van der Waals surface area contributed by atoms with Gasteiger partial charge >= 0.3 is 6.09 Å². The van der Waals surface area contributed by atoms with Crippen molar-refractivity contribution in [3.05, 3.63) is 39.9 Å². The van der Waals surface area contributed by atoms with E-state index in [1.54, 1.807) is 17.0 Å². The molecule has 1 aromatic rings. The lowest BCUT2D eigenvalue weighted by molar-refractivity contribution is -0.384. The topological polar surface area (TPSA) is 96.2 Å². The number of nitro benzene ring substituents is 1. The lowest BCUT2D eigenvalue weighted by atomic mass is 10.1. The highest BCUT2D eigenvalue weighted by Gasteiger charge is 2.41. The molecule has 2 fully saturated rings. The summed E-state index contributed by atoms with van der Waals surface area (Å²) in [5.41, 5.74) is 0.618. The molecular formula is C18H24N4O5S. The highest BCUT2D eigenvalue weighted by Crippen LogP contribution is 2.25. The number of thiol groups is 1. The lowest BCUT2D eigenvalue weighted by Crippen LogP contribution is -2.53. The van der Waals surface area contributed by atoms with Gasteiger partial charge < -0.3 is 14.5 Å². The first-order chi connectivity index (χ1) is 13.3. The highest BCUT2D eigenvalue weighted by molar-refractivity contribution is 7.81. The Labute approximate surface area is 168 Å². The standard InChI is InChI=1S/C18H24N4O5S/c1-19-6-8-20(9-7-19)17(23)16-10-15(28)11-21(16)18(24)27-12-13-2-4-14(5-3-13)22(25)26/h2-5,15-16,28H,6-12H2,1H3. The zero-order chi connectivity index (χ0) is 20.3. The van der Waals surface area contributed by atoms with E-state index in [2.05, 4.69) is 17.5 Å². The SMILES string of the molecule is CN1CCN(C(=O)C2CC(S)CN2C(=O)OCc2ccc([N+](=O)[O-])cc2)CC1. The molecule has 0 saturated carbocycles. The number of carbonyl (C=O) groups is 2. The first-order valence-electron chi connectivity index (χ1n) is 9.17. The fraction of sp³-hybridized carbons (Fsp3) is 0.556. The summed E-state index contributed by atoms with van der Waals surface area (Å²) in [6.45, 7) is 3.26. The van der Waals surface area contributed by atoms with E-state index in [4.69, 9.17) is 4.74 Å². The molecule has 1 aromatic carbocycles. The molecule has 2 aliphatic heterocycles. The van der Waals surface area contributed by atoms with Crippen molar-refractivity contribution < 1.29 is 19.2 Å². The van der Waals surface area contributed by atoms with Gasteiger partial charge in [0.15, 0.2) is 0 Å². The minimum Gasteiger partial charge on any atom is -0.445 e. The van der Waals surface area contributed by atoms with E-state index in [9.17, 15) is 19.7 Å². The maximum atomic E-state index is 12.9. The number of hydrogen-bond acceptors (Lipinski definition) is 7. The van der Waals surface area contributed by atoms with Gasteiger partial charge in [0.2, 0.25) is 5.91 Å². The lowest BCUT2D eigenvalue weighted by Gasteiger charge is -2.35. The third-order valence-corrected chi connectivity index (χ3v) is 5.50. The first kappa shape index (κ1) is 20.4. The van der Waals surface area contributed by atoms with Crippen LogP contribution in [0.3, 0.4) is 0 Å². The van der Waals surface area contributed by atoms with Crippen molar-refractivity contribution in [2.45, 2.75) is 24.3 Å². The number of ether oxygens (including phenoxy) is 1. The second-order valence-corrected chi connectivity index (χ2v) is 7.89. The van der Waals surface area contributed by atoms with Crippen molar-refractivity contribution in [3.63, 3.8) is 0 Å². The summed E-state index contributed by atoms with van der Waals surface area (Å²) in [5.74, 6) is -0.0584. The van der Waals surface area contributed by atoms with Crippen molar-refractivity contribution in [2.75, 3.05) is 39.8 Å². The maximum absolute atomic E-state index is 12.9. The van der Waals surface area contributed by atoms with Crippen molar-refractivity contribution in [3.8, 4) is 0 Å². The highest BCUT2D eigenvalue weighted by atomic mass is 32.1. The summed E-state index contributed by atoms with van der Waals surface area (Å²) in [6, 6.07) is 5.26. The molecule has 2 saturated heterocycles. The van der Waals surface area contributed by atoms with Crippen molar-refractivity contribution in [1.29, 1.82) is 0 Å². The molecule has 2 aliphatic rings. The van der Waals surface area contributed by atoms with Crippen LogP contribution in [0.4, 0.5) is 10.5 Å². The quantitative estimate of drug-likeness (QED) is 0.459. The van der Waals surface area contributed by atoms with Crippen LogP contribution >= 0.6 is 12.6 Å². The largest absolute Gasteiger partial charge is 0.445 e. The van der Waals surface area contributed by atoms with Gasteiger partial charge in [0.1, 0.15) is 12.6 Å². The van der Waals surface area contributed by atoms with Crippen LogP contribution in [0.1, 0.15) is 12.0 Å². The minimum absolute atomic E-state index is 0.0139. The first-order valence-corrected chi connectivity index (χ1v) is 9.69. The Bertz CT molecular complexity index is 736. The Morgan fingerprint density at radius 3 is 2.46 bits per heavy atom. The van der Waals surface area contributed by atoms with Gasteiger partial charge in [0, 0.05) is 50.1 Å². The number of likely N-dealkylation sites (N-methyl/N-ethyl adjacent to an activating group) is 1. The Hall–Kier alpha value is -2.33. The Balaban J connectivity index is 1.59. The van der Waals surface area contributed by atoms with Gasteiger partial charge in [-0.1, -0.05) is 0 Å². The Kier molecular flexibility index (Phi) is 6.40. The predicted molar refractivity (Wildman–Crippen MR) is 105 cm³/mol. The minimum atomic E-state index is -0.567. The van der Waals surface area contributed by atoms with Crippen molar-refractivity contribution in [2.24, 2.45) is 0 Å². The Morgan fingerprint density at radius 2 is 1.86 bits per heavy atom. The van der Waals surface area contributed by atoms with Crippen LogP contribution < -0.4 is 0 Å². The molecule has 0 N–H and O–H groups in total. The molecule has 3 rings (SSSR count). The molecule has 0 bridgehead atoms. The van der Waals surface area contributed by atoms with Crippen LogP contribution in [0.25, 0.3) is 0 Å². The number of rotatable bonds is 4. The summed E-state index contributed by atoms with van der Waals surface area (Å²) in [5, 5.41) is 10.6. The average molecular weight is 408 g/mol. The number of nitro groups is 1. The zero-order valence-corrected chi connectivity index (χ0v) is 16.6. The molecular weight excluding hydrogens is 384 g/mol. The monoisotopic (exact) mass is 408 g/mol. The van der Waals surface area contributed by atoms with Crippen LogP contribution in [-0.2, 0) is 16.1 Å². The van der Waals surface area contributed by atoms with Crippen molar-refractivity contribution >= 4 is 30.3 Å². The van der Waals surface area contributed by atoms with Gasteiger partial charge in [0.25, 0.3) is 5.69 Å².